The van der Waals surface area contributed by atoms with Crippen LogP contribution >= 0.6 is 0 Å². The predicted molar refractivity (Wildman–Crippen MR) is 77.3 cm³/mol. The molecule has 0 aliphatic rings. The van der Waals surface area contributed by atoms with E-state index in [1.54, 1.807) is 0 Å². The summed E-state index contributed by atoms with van der Waals surface area (Å²) < 4.78 is 0. The molecule has 2 amide bonds. The molecule has 0 saturated carbocycles. The number of rotatable bonds is 8. The summed E-state index contributed by atoms with van der Waals surface area (Å²) in [6.45, 7) is 0. The average molecular weight is 278 g/mol. The number of benzene rings is 1. The van der Waals surface area contributed by atoms with E-state index >= 15 is 0 Å². The first-order chi connectivity index (χ1) is 9.59. The first-order valence-corrected chi connectivity index (χ1v) is 6.90. The molecule has 0 bridgehead atoms. The van der Waals surface area contributed by atoms with E-state index in [-0.39, 0.29) is 11.8 Å². The van der Waals surface area contributed by atoms with Gasteiger partial charge in [-0.2, -0.15) is 0 Å². The van der Waals surface area contributed by atoms with Crippen LogP contribution in [0.2, 0.25) is 0 Å². The second kappa shape index (κ2) is 9.09. The minimum atomic E-state index is -0.271. The Bertz CT molecular complexity index is 418. The third-order valence-electron chi connectivity index (χ3n) is 2.96. The normalized spacial score (nSPS) is 10.1. The van der Waals surface area contributed by atoms with E-state index in [2.05, 4.69) is 5.32 Å². The van der Waals surface area contributed by atoms with E-state index in [0.717, 1.165) is 31.4 Å². The molecule has 1 rings (SSSR count). The van der Waals surface area contributed by atoms with Gasteiger partial charge in [-0.05, 0) is 25.0 Å². The second-order valence-corrected chi connectivity index (χ2v) is 4.75. The number of carbonyl (C=O) groups excluding carboxylic acids is 2. The summed E-state index contributed by atoms with van der Waals surface area (Å²) in [6.07, 6.45) is 4.18. The maximum atomic E-state index is 11.6. The predicted octanol–water partition coefficient (Wildman–Crippen LogP) is 2.81. The van der Waals surface area contributed by atoms with Crippen LogP contribution in [0.5, 0.6) is 0 Å². The van der Waals surface area contributed by atoms with Crippen molar-refractivity contribution < 1.29 is 14.8 Å². The molecule has 0 unspecified atom stereocenters. The van der Waals surface area contributed by atoms with Gasteiger partial charge in [0.25, 0.3) is 0 Å². The van der Waals surface area contributed by atoms with Crippen LogP contribution in [0.3, 0.4) is 0 Å². The molecular weight excluding hydrogens is 256 g/mol. The van der Waals surface area contributed by atoms with Crippen molar-refractivity contribution in [1.82, 2.24) is 5.06 Å². The van der Waals surface area contributed by atoms with Gasteiger partial charge in [-0.15, -0.1) is 0 Å². The van der Waals surface area contributed by atoms with Crippen LogP contribution in [0.1, 0.15) is 38.5 Å². The summed E-state index contributed by atoms with van der Waals surface area (Å²) >= 11 is 0. The summed E-state index contributed by atoms with van der Waals surface area (Å²) in [5.74, 6) is -0.255. The lowest BCUT2D eigenvalue weighted by Crippen LogP contribution is -2.21. The van der Waals surface area contributed by atoms with Crippen molar-refractivity contribution in [3.63, 3.8) is 0 Å². The van der Waals surface area contributed by atoms with Crippen LogP contribution in [0.25, 0.3) is 0 Å². The lowest BCUT2D eigenvalue weighted by atomic mass is 10.1. The van der Waals surface area contributed by atoms with Gasteiger partial charge in [0.2, 0.25) is 11.8 Å². The van der Waals surface area contributed by atoms with Gasteiger partial charge in [-0.3, -0.25) is 14.8 Å². The van der Waals surface area contributed by atoms with E-state index in [1.165, 1.54) is 7.05 Å². The van der Waals surface area contributed by atoms with Gasteiger partial charge in [0.1, 0.15) is 0 Å². The largest absolute Gasteiger partial charge is 0.326 e. The average Bonchev–Trinajstić information content (AvgIpc) is 2.43. The number of para-hydroxylation sites is 1. The summed E-state index contributed by atoms with van der Waals surface area (Å²) in [4.78, 5) is 22.7. The van der Waals surface area contributed by atoms with Crippen molar-refractivity contribution >= 4 is 17.5 Å². The number of nitrogens with zero attached hydrogens (tertiary/aromatic N) is 1. The molecule has 20 heavy (non-hydrogen) atoms. The fraction of sp³-hybridized carbons (Fsp3) is 0.467. The van der Waals surface area contributed by atoms with Gasteiger partial charge >= 0.3 is 0 Å². The van der Waals surface area contributed by atoms with Crippen LogP contribution in [0.15, 0.2) is 30.3 Å². The number of unbranched alkanes of at least 4 members (excludes halogenated alkanes) is 3. The molecule has 0 aromatic heterocycles. The Morgan fingerprint density at radius 1 is 1.05 bits per heavy atom. The van der Waals surface area contributed by atoms with Crippen LogP contribution in [0, 0.1) is 0 Å². The standard InChI is InChI=1S/C15H22N2O3/c1-17(20)15(19)12-8-3-2-7-11-14(18)16-13-9-5-4-6-10-13/h4-6,9-10,20H,2-3,7-8,11-12H2,1H3,(H,16,18). The molecule has 0 radical (unpaired) electrons. The molecule has 1 aromatic rings. The summed E-state index contributed by atoms with van der Waals surface area (Å²) in [5, 5.41) is 12.3. The number of hydrogen-bond acceptors (Lipinski definition) is 3. The van der Waals surface area contributed by atoms with E-state index < -0.39 is 0 Å². The fourth-order valence-corrected chi connectivity index (χ4v) is 1.82. The van der Waals surface area contributed by atoms with E-state index in [0.29, 0.717) is 17.9 Å². The van der Waals surface area contributed by atoms with Gasteiger partial charge in [0.15, 0.2) is 0 Å². The monoisotopic (exact) mass is 278 g/mol. The fourth-order valence-electron chi connectivity index (χ4n) is 1.82. The zero-order valence-electron chi connectivity index (χ0n) is 11.8. The van der Waals surface area contributed by atoms with E-state index in [9.17, 15) is 9.59 Å². The number of carbonyl (C=O) groups is 2. The van der Waals surface area contributed by atoms with Crippen LogP contribution < -0.4 is 5.32 Å². The maximum Gasteiger partial charge on any atom is 0.245 e. The third kappa shape index (κ3) is 6.89. The van der Waals surface area contributed by atoms with Crippen molar-refractivity contribution in [2.45, 2.75) is 38.5 Å². The molecule has 0 fully saturated rings. The zero-order chi connectivity index (χ0) is 14.8. The highest BCUT2D eigenvalue weighted by Crippen LogP contribution is 2.09. The van der Waals surface area contributed by atoms with Gasteiger partial charge in [-0.25, -0.2) is 5.06 Å². The van der Waals surface area contributed by atoms with Gasteiger partial charge in [0.05, 0.1) is 0 Å². The molecular formula is C15H22N2O3. The molecule has 1 aromatic carbocycles. The molecule has 5 nitrogen and oxygen atoms in total. The Labute approximate surface area is 119 Å². The Balaban J connectivity index is 2.04. The lowest BCUT2D eigenvalue weighted by molar-refractivity contribution is -0.159. The van der Waals surface area contributed by atoms with Gasteiger partial charge in [0, 0.05) is 25.6 Å². The quantitative estimate of drug-likeness (QED) is 0.436. The topological polar surface area (TPSA) is 69.6 Å². The van der Waals surface area contributed by atoms with Gasteiger partial charge < -0.3 is 5.32 Å². The Kier molecular flexibility index (Phi) is 7.35. The number of amides is 2. The number of hydrogen-bond donors (Lipinski definition) is 2. The van der Waals surface area contributed by atoms with Crippen LogP contribution in [0.4, 0.5) is 5.69 Å². The summed E-state index contributed by atoms with van der Waals surface area (Å²) in [7, 11) is 1.33. The van der Waals surface area contributed by atoms with Crippen molar-refractivity contribution in [3.05, 3.63) is 30.3 Å². The SMILES string of the molecule is CN(O)C(=O)CCCCCCC(=O)Nc1ccccc1. The van der Waals surface area contributed by atoms with Crippen LogP contribution in [-0.2, 0) is 9.59 Å². The Morgan fingerprint density at radius 3 is 2.25 bits per heavy atom. The van der Waals surface area contributed by atoms with E-state index in [1.807, 2.05) is 30.3 Å². The minimum Gasteiger partial charge on any atom is -0.326 e. The van der Waals surface area contributed by atoms with E-state index in [4.69, 9.17) is 5.21 Å². The van der Waals surface area contributed by atoms with Crippen molar-refractivity contribution in [2.24, 2.45) is 0 Å². The first-order valence-electron chi connectivity index (χ1n) is 6.90. The smallest absolute Gasteiger partial charge is 0.245 e. The molecule has 0 atom stereocenters. The van der Waals surface area contributed by atoms with Crippen molar-refractivity contribution in [1.29, 1.82) is 0 Å². The molecule has 0 spiro atoms. The van der Waals surface area contributed by atoms with Crippen LogP contribution in [-0.4, -0.2) is 29.1 Å². The second-order valence-electron chi connectivity index (χ2n) is 4.75. The summed E-state index contributed by atoms with van der Waals surface area (Å²) in [5.41, 5.74) is 0.814. The maximum absolute atomic E-state index is 11.6. The highest BCUT2D eigenvalue weighted by molar-refractivity contribution is 5.90. The highest BCUT2D eigenvalue weighted by Gasteiger charge is 2.05. The first kappa shape index (κ1) is 16.2. The molecule has 110 valence electrons. The minimum absolute atomic E-state index is 0.0161. The third-order valence-corrected chi connectivity index (χ3v) is 2.96. The van der Waals surface area contributed by atoms with Gasteiger partial charge in [-0.1, -0.05) is 31.0 Å². The Hall–Kier alpha value is -1.88. The molecule has 0 heterocycles. The molecule has 0 saturated heterocycles. The number of hydroxylamine groups is 2. The molecule has 0 aliphatic carbocycles. The number of nitrogens with one attached hydrogen (secondary N) is 1. The molecule has 5 heteroatoms. The zero-order valence-corrected chi connectivity index (χ0v) is 11.8. The molecule has 0 aliphatic heterocycles. The Morgan fingerprint density at radius 2 is 1.65 bits per heavy atom. The highest BCUT2D eigenvalue weighted by atomic mass is 16.5. The molecule has 2 N–H and O–H groups in total. The number of anilines is 1. The van der Waals surface area contributed by atoms with Crippen molar-refractivity contribution in [3.8, 4) is 0 Å². The summed E-state index contributed by atoms with van der Waals surface area (Å²) in [6, 6.07) is 9.38. The lowest BCUT2D eigenvalue weighted by Gasteiger charge is -2.07. The van der Waals surface area contributed by atoms with Crippen molar-refractivity contribution in [2.75, 3.05) is 12.4 Å².